The smallest absolute Gasteiger partial charge is 0.187 e. The molecule has 132 valence electrons. The maximum Gasteiger partial charge on any atom is 0.187 e. The molecule has 2 atom stereocenters. The molecule has 0 spiro atoms. The number of aromatic nitrogens is 4. The van der Waals surface area contributed by atoms with Gasteiger partial charge in [-0.3, -0.25) is 0 Å². The summed E-state index contributed by atoms with van der Waals surface area (Å²) in [5.74, 6) is 1.98. The molecular formula is C18H23FN6. The topological polar surface area (TPSA) is 58.0 Å². The largest absolute Gasteiger partial charge is 0.352 e. The fraction of sp³-hybridized carbons (Fsp3) is 0.556. The Kier molecular flexibility index (Phi) is 3.81. The molecule has 2 unspecified atom stereocenters. The molecule has 5 heterocycles. The molecule has 3 aliphatic rings. The molecule has 2 bridgehead atoms. The van der Waals surface area contributed by atoms with E-state index in [1.165, 1.54) is 6.33 Å². The highest BCUT2D eigenvalue weighted by Crippen LogP contribution is 2.39. The second-order valence-corrected chi connectivity index (χ2v) is 7.32. The lowest BCUT2D eigenvalue weighted by molar-refractivity contribution is 0.283. The highest BCUT2D eigenvalue weighted by atomic mass is 19.1. The number of piperidine rings is 1. The highest BCUT2D eigenvalue weighted by molar-refractivity contribution is 5.53. The Morgan fingerprint density at radius 1 is 1.12 bits per heavy atom. The number of piperazine rings is 1. The molecule has 6 nitrogen and oxygen atoms in total. The molecule has 0 N–H and O–H groups in total. The first-order valence-electron chi connectivity index (χ1n) is 8.80. The monoisotopic (exact) mass is 342 g/mol. The third-order valence-electron chi connectivity index (χ3n) is 5.06. The molecule has 3 saturated heterocycles. The summed E-state index contributed by atoms with van der Waals surface area (Å²) >= 11 is 0. The van der Waals surface area contributed by atoms with Crippen LogP contribution in [0.5, 0.6) is 0 Å². The van der Waals surface area contributed by atoms with Gasteiger partial charge in [0, 0.05) is 24.8 Å². The quantitative estimate of drug-likeness (QED) is 0.855. The first kappa shape index (κ1) is 16.2. The second-order valence-electron chi connectivity index (χ2n) is 7.32. The van der Waals surface area contributed by atoms with Crippen molar-refractivity contribution in [3.05, 3.63) is 35.4 Å². The first-order valence-corrected chi connectivity index (χ1v) is 8.80. The predicted octanol–water partition coefficient (Wildman–Crippen LogP) is 2.61. The van der Waals surface area contributed by atoms with Gasteiger partial charge < -0.3 is 9.80 Å². The number of halogens is 1. The summed E-state index contributed by atoms with van der Waals surface area (Å²) in [5.41, 5.74) is 1.47. The molecule has 3 aliphatic heterocycles. The maximum atomic E-state index is 14.8. The summed E-state index contributed by atoms with van der Waals surface area (Å²) in [6.07, 6.45) is 2.55. The lowest BCUT2D eigenvalue weighted by atomic mass is 9.87. The van der Waals surface area contributed by atoms with E-state index in [-0.39, 0.29) is 23.8 Å². The minimum atomic E-state index is -0.269. The predicted molar refractivity (Wildman–Crippen MR) is 94.5 cm³/mol. The molecule has 0 aromatic carbocycles. The average molecular weight is 342 g/mol. The van der Waals surface area contributed by atoms with E-state index in [0.717, 1.165) is 36.8 Å². The minimum absolute atomic E-state index is 0.0475. The van der Waals surface area contributed by atoms with Crippen molar-refractivity contribution >= 4 is 11.6 Å². The van der Waals surface area contributed by atoms with Crippen molar-refractivity contribution in [3.8, 4) is 0 Å². The minimum Gasteiger partial charge on any atom is -0.352 e. The zero-order chi connectivity index (χ0) is 17.7. The normalized spacial score (nSPS) is 22.3. The zero-order valence-electron chi connectivity index (χ0n) is 15.1. The zero-order valence-corrected chi connectivity index (χ0v) is 15.1. The maximum absolute atomic E-state index is 14.8. The van der Waals surface area contributed by atoms with Crippen LogP contribution < -0.4 is 9.80 Å². The molecule has 0 radical (unpaired) electrons. The van der Waals surface area contributed by atoms with Crippen molar-refractivity contribution in [1.82, 2.24) is 19.9 Å². The molecule has 3 fully saturated rings. The van der Waals surface area contributed by atoms with Crippen LogP contribution in [-0.2, 0) is 0 Å². The number of anilines is 2. The fourth-order valence-electron chi connectivity index (χ4n) is 3.96. The molecule has 2 aromatic heterocycles. The number of nitrogens with zero attached hydrogens (tertiary/aromatic N) is 6. The van der Waals surface area contributed by atoms with Gasteiger partial charge in [0.25, 0.3) is 0 Å². The summed E-state index contributed by atoms with van der Waals surface area (Å²) in [7, 11) is 0. The van der Waals surface area contributed by atoms with Crippen molar-refractivity contribution in [2.75, 3.05) is 22.9 Å². The Morgan fingerprint density at radius 2 is 1.84 bits per heavy atom. The number of fused-ring (bicyclic) bond motifs is 2. The van der Waals surface area contributed by atoms with Gasteiger partial charge in [0.15, 0.2) is 11.6 Å². The van der Waals surface area contributed by atoms with Crippen LogP contribution >= 0.6 is 0 Å². The van der Waals surface area contributed by atoms with Crippen molar-refractivity contribution in [2.24, 2.45) is 0 Å². The van der Waals surface area contributed by atoms with Gasteiger partial charge in [0.2, 0.25) is 0 Å². The Balaban J connectivity index is 1.57. The third-order valence-corrected chi connectivity index (χ3v) is 5.06. The van der Waals surface area contributed by atoms with Crippen LogP contribution in [0.2, 0.25) is 0 Å². The molecule has 5 rings (SSSR count). The summed E-state index contributed by atoms with van der Waals surface area (Å²) in [4.78, 5) is 21.7. The SMILES string of the molecule is Cc1cc(N2CC3CC(C2)N3c2ncnc(C(C)C)c2F)nc(C)n1. The molecular weight excluding hydrogens is 319 g/mol. The van der Waals surface area contributed by atoms with Gasteiger partial charge >= 0.3 is 0 Å². The van der Waals surface area contributed by atoms with Crippen LogP contribution in [0.15, 0.2) is 12.4 Å². The second kappa shape index (κ2) is 5.89. The Morgan fingerprint density at radius 3 is 2.48 bits per heavy atom. The van der Waals surface area contributed by atoms with Gasteiger partial charge in [0.05, 0.1) is 17.8 Å². The van der Waals surface area contributed by atoms with Crippen molar-refractivity contribution in [3.63, 3.8) is 0 Å². The molecule has 7 heteroatoms. The van der Waals surface area contributed by atoms with E-state index in [1.54, 1.807) is 0 Å². The van der Waals surface area contributed by atoms with E-state index in [0.29, 0.717) is 11.5 Å². The summed E-state index contributed by atoms with van der Waals surface area (Å²) < 4.78 is 14.8. The number of hydrogen-bond donors (Lipinski definition) is 0. The first-order chi connectivity index (χ1) is 11.9. The van der Waals surface area contributed by atoms with Crippen molar-refractivity contribution in [1.29, 1.82) is 0 Å². The van der Waals surface area contributed by atoms with Gasteiger partial charge in [-0.1, -0.05) is 13.8 Å². The van der Waals surface area contributed by atoms with Crippen LogP contribution in [0.4, 0.5) is 16.0 Å². The van der Waals surface area contributed by atoms with E-state index < -0.39 is 0 Å². The standard InChI is InChI=1S/C18H23FN6/c1-10(2)17-16(19)18(21-9-20-17)25-13-6-14(25)8-24(7-13)15-5-11(3)22-12(4)23-15/h5,9-10,13-14H,6-8H2,1-4H3. The number of rotatable bonds is 3. The van der Waals surface area contributed by atoms with Gasteiger partial charge in [0.1, 0.15) is 18.0 Å². The average Bonchev–Trinajstić information content (AvgIpc) is 2.55. The highest BCUT2D eigenvalue weighted by Gasteiger charge is 2.47. The van der Waals surface area contributed by atoms with Gasteiger partial charge in [-0.25, -0.2) is 24.3 Å². The molecule has 2 aromatic rings. The lowest BCUT2D eigenvalue weighted by Gasteiger charge is -2.57. The molecule has 0 amide bonds. The third kappa shape index (κ3) is 2.71. The Labute approximate surface area is 147 Å². The van der Waals surface area contributed by atoms with E-state index in [4.69, 9.17) is 0 Å². The van der Waals surface area contributed by atoms with Gasteiger partial charge in [-0.15, -0.1) is 0 Å². The molecule has 25 heavy (non-hydrogen) atoms. The van der Waals surface area contributed by atoms with Gasteiger partial charge in [-0.05, 0) is 26.2 Å². The van der Waals surface area contributed by atoms with Crippen LogP contribution in [-0.4, -0.2) is 45.1 Å². The van der Waals surface area contributed by atoms with Crippen molar-refractivity contribution < 1.29 is 4.39 Å². The van der Waals surface area contributed by atoms with Gasteiger partial charge in [-0.2, -0.15) is 0 Å². The van der Waals surface area contributed by atoms with Crippen LogP contribution in [0.3, 0.4) is 0 Å². The van der Waals surface area contributed by atoms with Crippen LogP contribution in [0, 0.1) is 19.7 Å². The van der Waals surface area contributed by atoms with Crippen LogP contribution in [0.1, 0.15) is 43.4 Å². The van der Waals surface area contributed by atoms with Crippen LogP contribution in [0.25, 0.3) is 0 Å². The van der Waals surface area contributed by atoms with E-state index in [1.807, 2.05) is 33.8 Å². The summed E-state index contributed by atoms with van der Waals surface area (Å²) in [5, 5.41) is 0. The fourth-order valence-corrected chi connectivity index (χ4v) is 3.96. The van der Waals surface area contributed by atoms with E-state index >= 15 is 0 Å². The summed E-state index contributed by atoms with van der Waals surface area (Å²) in [6, 6.07) is 2.54. The summed E-state index contributed by atoms with van der Waals surface area (Å²) in [6.45, 7) is 9.46. The Hall–Kier alpha value is -2.31. The number of hydrogen-bond acceptors (Lipinski definition) is 6. The van der Waals surface area contributed by atoms with E-state index in [9.17, 15) is 4.39 Å². The van der Waals surface area contributed by atoms with E-state index in [2.05, 4.69) is 29.7 Å². The number of aryl methyl sites for hydroxylation is 2. The molecule has 0 saturated carbocycles. The lowest BCUT2D eigenvalue weighted by Crippen LogP contribution is -2.69. The molecule has 0 aliphatic carbocycles. The van der Waals surface area contributed by atoms with Crippen molar-refractivity contribution in [2.45, 2.75) is 52.1 Å². The Bertz CT molecular complexity index is 776.